The van der Waals surface area contributed by atoms with Crippen molar-refractivity contribution in [2.45, 2.75) is 18.3 Å². The highest BCUT2D eigenvalue weighted by Gasteiger charge is 2.43. The van der Waals surface area contributed by atoms with Crippen molar-refractivity contribution >= 4 is 16.7 Å². The zero-order valence-electron chi connectivity index (χ0n) is 13.1. The molecule has 0 spiro atoms. The van der Waals surface area contributed by atoms with E-state index in [0.717, 1.165) is 29.0 Å². The van der Waals surface area contributed by atoms with Crippen LogP contribution in [0.15, 0.2) is 54.9 Å². The molecular formula is C19H19N3O. The molecule has 116 valence electrons. The number of hydrogen-bond acceptors (Lipinski definition) is 4. The summed E-state index contributed by atoms with van der Waals surface area (Å²) in [7, 11) is 1.66. The van der Waals surface area contributed by atoms with E-state index < -0.39 is 0 Å². The molecule has 1 N–H and O–H groups in total. The molecule has 0 saturated heterocycles. The Kier molecular flexibility index (Phi) is 3.37. The summed E-state index contributed by atoms with van der Waals surface area (Å²) in [6.45, 7) is 0.898. The van der Waals surface area contributed by atoms with Crippen LogP contribution in [-0.2, 0) is 5.41 Å². The minimum absolute atomic E-state index is 0.255. The summed E-state index contributed by atoms with van der Waals surface area (Å²) in [5.74, 6) is 1.70. The summed E-state index contributed by atoms with van der Waals surface area (Å²) in [5.41, 5.74) is 2.56. The van der Waals surface area contributed by atoms with Gasteiger partial charge in [0.1, 0.15) is 17.9 Å². The molecule has 1 aliphatic rings. The van der Waals surface area contributed by atoms with Crippen molar-refractivity contribution in [3.8, 4) is 5.75 Å². The Morgan fingerprint density at radius 2 is 1.91 bits per heavy atom. The van der Waals surface area contributed by atoms with Gasteiger partial charge < -0.3 is 10.1 Å². The first-order valence-electron chi connectivity index (χ1n) is 7.89. The highest BCUT2D eigenvalue weighted by molar-refractivity contribution is 5.89. The van der Waals surface area contributed by atoms with Gasteiger partial charge in [0.05, 0.1) is 12.6 Å². The Bertz CT molecular complexity index is 828. The molecule has 4 heteroatoms. The molecule has 2 aromatic carbocycles. The van der Waals surface area contributed by atoms with Gasteiger partial charge in [-0.1, -0.05) is 30.3 Å². The van der Waals surface area contributed by atoms with Crippen LogP contribution in [0.3, 0.4) is 0 Å². The summed E-state index contributed by atoms with van der Waals surface area (Å²) in [4.78, 5) is 8.76. The number of nitrogens with one attached hydrogen (secondary N) is 1. The second kappa shape index (κ2) is 5.54. The highest BCUT2D eigenvalue weighted by Crippen LogP contribution is 2.48. The van der Waals surface area contributed by atoms with Crippen molar-refractivity contribution in [2.24, 2.45) is 0 Å². The van der Waals surface area contributed by atoms with Crippen LogP contribution >= 0.6 is 0 Å². The molecule has 1 aromatic heterocycles. The lowest BCUT2D eigenvalue weighted by atomic mass is 9.96. The van der Waals surface area contributed by atoms with Crippen molar-refractivity contribution in [1.82, 2.24) is 9.97 Å². The quantitative estimate of drug-likeness (QED) is 0.779. The number of anilines is 1. The van der Waals surface area contributed by atoms with Crippen molar-refractivity contribution < 1.29 is 4.74 Å². The van der Waals surface area contributed by atoms with E-state index in [0.29, 0.717) is 0 Å². The Morgan fingerprint density at radius 3 is 2.65 bits per heavy atom. The summed E-state index contributed by atoms with van der Waals surface area (Å²) in [6, 6.07) is 16.6. The van der Waals surface area contributed by atoms with E-state index in [-0.39, 0.29) is 5.41 Å². The fourth-order valence-electron chi connectivity index (χ4n) is 3.07. The van der Waals surface area contributed by atoms with Crippen LogP contribution in [0.2, 0.25) is 0 Å². The molecule has 23 heavy (non-hydrogen) atoms. The SMILES string of the molecule is COc1ccc2c(NCC3(c4ccccc4)CC3)ncnc2c1. The van der Waals surface area contributed by atoms with Gasteiger partial charge >= 0.3 is 0 Å². The fraction of sp³-hybridized carbons (Fsp3) is 0.263. The molecule has 1 heterocycles. The minimum atomic E-state index is 0.255. The largest absolute Gasteiger partial charge is 0.497 e. The highest BCUT2D eigenvalue weighted by atomic mass is 16.5. The maximum atomic E-state index is 5.26. The van der Waals surface area contributed by atoms with Crippen LogP contribution in [0, 0.1) is 0 Å². The number of hydrogen-bond donors (Lipinski definition) is 1. The van der Waals surface area contributed by atoms with E-state index in [1.165, 1.54) is 18.4 Å². The van der Waals surface area contributed by atoms with E-state index >= 15 is 0 Å². The summed E-state index contributed by atoms with van der Waals surface area (Å²) in [5, 5.41) is 4.56. The summed E-state index contributed by atoms with van der Waals surface area (Å²) < 4.78 is 5.26. The third kappa shape index (κ3) is 2.61. The van der Waals surface area contributed by atoms with E-state index in [1.807, 2.05) is 18.2 Å². The predicted octanol–water partition coefficient (Wildman–Crippen LogP) is 3.78. The number of benzene rings is 2. The third-order valence-electron chi connectivity index (χ3n) is 4.68. The topological polar surface area (TPSA) is 47.0 Å². The number of ether oxygens (including phenoxy) is 1. The second-order valence-corrected chi connectivity index (χ2v) is 6.11. The number of methoxy groups -OCH3 is 1. The van der Waals surface area contributed by atoms with Gasteiger partial charge in [-0.3, -0.25) is 0 Å². The molecule has 1 fully saturated rings. The monoisotopic (exact) mass is 305 g/mol. The molecule has 0 amide bonds. The molecule has 0 unspecified atom stereocenters. The van der Waals surface area contributed by atoms with Crippen molar-refractivity contribution in [1.29, 1.82) is 0 Å². The van der Waals surface area contributed by atoms with Crippen LogP contribution in [-0.4, -0.2) is 23.6 Å². The Labute approximate surface area is 135 Å². The van der Waals surface area contributed by atoms with E-state index in [1.54, 1.807) is 13.4 Å². The van der Waals surface area contributed by atoms with Gasteiger partial charge in [0, 0.05) is 23.4 Å². The maximum absolute atomic E-state index is 5.26. The molecule has 0 radical (unpaired) electrons. The first kappa shape index (κ1) is 14.0. The maximum Gasteiger partial charge on any atom is 0.137 e. The van der Waals surface area contributed by atoms with Gasteiger partial charge in [-0.15, -0.1) is 0 Å². The molecule has 3 aromatic rings. The predicted molar refractivity (Wildman–Crippen MR) is 91.9 cm³/mol. The molecule has 0 atom stereocenters. The lowest BCUT2D eigenvalue weighted by Crippen LogP contribution is -2.20. The smallest absolute Gasteiger partial charge is 0.137 e. The number of aromatic nitrogens is 2. The molecule has 1 aliphatic carbocycles. The lowest BCUT2D eigenvalue weighted by Gasteiger charge is -2.17. The fourth-order valence-corrected chi connectivity index (χ4v) is 3.07. The van der Waals surface area contributed by atoms with Gasteiger partial charge in [-0.2, -0.15) is 0 Å². The normalized spacial score (nSPS) is 15.3. The molecule has 1 saturated carbocycles. The van der Waals surface area contributed by atoms with Crippen molar-refractivity contribution in [3.63, 3.8) is 0 Å². The average molecular weight is 305 g/mol. The Hall–Kier alpha value is -2.62. The van der Waals surface area contributed by atoms with Crippen molar-refractivity contribution in [2.75, 3.05) is 19.0 Å². The second-order valence-electron chi connectivity index (χ2n) is 6.11. The first-order chi connectivity index (χ1) is 11.3. The first-order valence-corrected chi connectivity index (χ1v) is 7.89. The summed E-state index contributed by atoms with van der Waals surface area (Å²) in [6.07, 6.45) is 4.05. The van der Waals surface area contributed by atoms with E-state index in [9.17, 15) is 0 Å². The molecule has 4 nitrogen and oxygen atoms in total. The Balaban J connectivity index is 1.59. The van der Waals surface area contributed by atoms with Gasteiger partial charge in [0.15, 0.2) is 0 Å². The van der Waals surface area contributed by atoms with Crippen LogP contribution < -0.4 is 10.1 Å². The average Bonchev–Trinajstić information content (AvgIpc) is 3.41. The van der Waals surface area contributed by atoms with Crippen molar-refractivity contribution in [3.05, 3.63) is 60.4 Å². The zero-order valence-corrected chi connectivity index (χ0v) is 13.1. The number of nitrogens with zero attached hydrogens (tertiary/aromatic N) is 2. The van der Waals surface area contributed by atoms with Crippen LogP contribution in [0.5, 0.6) is 5.75 Å². The molecule has 4 rings (SSSR count). The summed E-state index contributed by atoms with van der Waals surface area (Å²) >= 11 is 0. The van der Waals surface area contributed by atoms with Crippen LogP contribution in [0.4, 0.5) is 5.82 Å². The Morgan fingerprint density at radius 1 is 1.09 bits per heavy atom. The zero-order chi connectivity index (χ0) is 15.7. The molecular weight excluding hydrogens is 286 g/mol. The van der Waals surface area contributed by atoms with Gasteiger partial charge in [0.25, 0.3) is 0 Å². The van der Waals surface area contributed by atoms with Gasteiger partial charge in [-0.05, 0) is 30.5 Å². The minimum Gasteiger partial charge on any atom is -0.497 e. The standard InChI is InChI=1S/C19H19N3O/c1-23-15-7-8-16-17(11-15)21-13-22-18(16)20-12-19(9-10-19)14-5-3-2-4-6-14/h2-8,11,13H,9-10,12H2,1H3,(H,20,21,22). The lowest BCUT2D eigenvalue weighted by molar-refractivity contribution is 0.415. The molecule has 0 bridgehead atoms. The van der Waals surface area contributed by atoms with Gasteiger partial charge in [0.2, 0.25) is 0 Å². The van der Waals surface area contributed by atoms with Crippen LogP contribution in [0.25, 0.3) is 10.9 Å². The van der Waals surface area contributed by atoms with E-state index in [2.05, 4.69) is 45.6 Å². The van der Waals surface area contributed by atoms with Gasteiger partial charge in [-0.25, -0.2) is 9.97 Å². The third-order valence-corrected chi connectivity index (χ3v) is 4.68. The molecule has 0 aliphatic heterocycles. The van der Waals surface area contributed by atoms with E-state index in [4.69, 9.17) is 4.74 Å². The number of fused-ring (bicyclic) bond motifs is 1. The van der Waals surface area contributed by atoms with Crippen LogP contribution in [0.1, 0.15) is 18.4 Å². The number of rotatable bonds is 5.